The highest BCUT2D eigenvalue weighted by atomic mass is 32.2. The molecule has 0 radical (unpaired) electrons. The zero-order valence-electron chi connectivity index (χ0n) is 15.3. The van der Waals surface area contributed by atoms with Crippen molar-refractivity contribution < 1.29 is 9.90 Å². The number of carbonyl (C=O) groups is 1. The molecular weight excluding hydrogens is 358 g/mol. The van der Waals surface area contributed by atoms with Gasteiger partial charge in [-0.1, -0.05) is 61.5 Å². The van der Waals surface area contributed by atoms with E-state index in [4.69, 9.17) is 0 Å². The predicted molar refractivity (Wildman–Crippen MR) is 111 cm³/mol. The molecule has 1 saturated heterocycles. The van der Waals surface area contributed by atoms with Crippen LogP contribution in [0.1, 0.15) is 36.5 Å². The topological polar surface area (TPSA) is 74.1 Å². The maximum Gasteiger partial charge on any atom is 0.239 e. The van der Waals surface area contributed by atoms with Gasteiger partial charge in [0.1, 0.15) is 5.75 Å². The molecule has 2 N–H and O–H groups in total. The number of benzene rings is 2. The molecule has 1 atom stereocenters. The Morgan fingerprint density at radius 2 is 1.89 bits per heavy atom. The van der Waals surface area contributed by atoms with Crippen LogP contribution in [-0.2, 0) is 17.6 Å². The number of phenols is 1. The molecule has 1 amide bonds. The summed E-state index contributed by atoms with van der Waals surface area (Å²) in [5, 5.41) is 20.8. The van der Waals surface area contributed by atoms with Gasteiger partial charge in [-0.25, -0.2) is 0 Å². The third-order valence-corrected chi connectivity index (χ3v) is 5.39. The van der Waals surface area contributed by atoms with Gasteiger partial charge in [0.05, 0.1) is 11.5 Å². The fourth-order valence-corrected chi connectivity index (χ4v) is 3.73. The van der Waals surface area contributed by atoms with Gasteiger partial charge in [0, 0.05) is 5.56 Å². The quantitative estimate of drug-likeness (QED) is 0.564. The second-order valence-corrected chi connectivity index (χ2v) is 7.62. The summed E-state index contributed by atoms with van der Waals surface area (Å²) in [7, 11) is 0. The Morgan fingerprint density at radius 1 is 1.15 bits per heavy atom. The van der Waals surface area contributed by atoms with Gasteiger partial charge in [-0.2, -0.15) is 5.10 Å². The molecule has 0 spiro atoms. The lowest BCUT2D eigenvalue weighted by Crippen LogP contribution is -2.25. The van der Waals surface area contributed by atoms with Gasteiger partial charge >= 0.3 is 0 Å². The molecule has 1 aliphatic heterocycles. The summed E-state index contributed by atoms with van der Waals surface area (Å²) < 4.78 is 0. The molecule has 0 aromatic heterocycles. The maximum atomic E-state index is 12.2. The van der Waals surface area contributed by atoms with E-state index in [2.05, 4.69) is 46.7 Å². The Labute approximate surface area is 163 Å². The molecule has 1 aliphatic rings. The van der Waals surface area contributed by atoms with Crippen LogP contribution in [0.4, 0.5) is 0 Å². The first-order chi connectivity index (χ1) is 13.2. The van der Waals surface area contributed by atoms with Crippen molar-refractivity contribution in [3.8, 4) is 5.75 Å². The Bertz CT molecular complexity index is 847. The van der Waals surface area contributed by atoms with Crippen LogP contribution in [0, 0.1) is 0 Å². The number of rotatable bonds is 7. The predicted octanol–water partition coefficient (Wildman–Crippen LogP) is 3.90. The zero-order chi connectivity index (χ0) is 19.1. The molecule has 1 heterocycles. The Kier molecular flexibility index (Phi) is 6.65. The van der Waals surface area contributed by atoms with E-state index in [-0.39, 0.29) is 16.9 Å². The smallest absolute Gasteiger partial charge is 0.239 e. The number of hydrogen-bond donors (Lipinski definition) is 2. The van der Waals surface area contributed by atoms with E-state index in [1.54, 1.807) is 18.2 Å². The minimum absolute atomic E-state index is 0.0495. The normalized spacial score (nSPS) is 18.3. The van der Waals surface area contributed by atoms with Crippen molar-refractivity contribution in [2.75, 3.05) is 0 Å². The molecule has 1 fully saturated rings. The molecule has 140 valence electrons. The van der Waals surface area contributed by atoms with Crippen molar-refractivity contribution in [1.29, 1.82) is 0 Å². The Balaban J connectivity index is 1.58. The lowest BCUT2D eigenvalue weighted by atomic mass is 10.0. The highest BCUT2D eigenvalue weighted by Crippen LogP contribution is 2.24. The second-order valence-electron chi connectivity index (χ2n) is 6.43. The van der Waals surface area contributed by atoms with Crippen LogP contribution in [0.2, 0.25) is 0 Å². The molecule has 3 rings (SSSR count). The summed E-state index contributed by atoms with van der Waals surface area (Å²) in [6.45, 7) is 2.19. The van der Waals surface area contributed by atoms with Gasteiger partial charge in [0.2, 0.25) is 5.91 Å². The molecule has 27 heavy (non-hydrogen) atoms. The van der Waals surface area contributed by atoms with Crippen molar-refractivity contribution >= 4 is 29.1 Å². The van der Waals surface area contributed by atoms with Crippen molar-refractivity contribution in [1.82, 2.24) is 5.32 Å². The van der Waals surface area contributed by atoms with Crippen LogP contribution >= 0.6 is 11.8 Å². The van der Waals surface area contributed by atoms with Gasteiger partial charge in [-0.05, 0) is 42.5 Å². The summed E-state index contributed by atoms with van der Waals surface area (Å²) in [5.41, 5.74) is 3.06. The third-order valence-electron chi connectivity index (χ3n) is 4.32. The van der Waals surface area contributed by atoms with E-state index < -0.39 is 0 Å². The number of nitrogens with zero attached hydrogens (tertiary/aromatic N) is 2. The SMILES string of the molecule is CCCCc1ccc(CC2S/C(=N/N=Cc3ccccc3O)NC2=O)cc1. The van der Waals surface area contributed by atoms with Crippen LogP contribution in [-0.4, -0.2) is 27.6 Å². The number of nitrogens with one attached hydrogen (secondary N) is 1. The summed E-state index contributed by atoms with van der Waals surface area (Å²) in [4.78, 5) is 12.2. The molecule has 6 heteroatoms. The van der Waals surface area contributed by atoms with E-state index in [1.807, 2.05) is 6.07 Å². The Morgan fingerprint density at radius 3 is 2.63 bits per heavy atom. The first-order valence-corrected chi connectivity index (χ1v) is 9.98. The highest BCUT2D eigenvalue weighted by Gasteiger charge is 2.30. The highest BCUT2D eigenvalue weighted by molar-refractivity contribution is 8.15. The second kappa shape index (κ2) is 9.37. The van der Waals surface area contributed by atoms with E-state index in [9.17, 15) is 9.90 Å². The van der Waals surface area contributed by atoms with E-state index in [0.717, 1.165) is 12.0 Å². The van der Waals surface area contributed by atoms with Gasteiger partial charge in [0.15, 0.2) is 5.17 Å². The zero-order valence-corrected chi connectivity index (χ0v) is 16.1. The number of phenolic OH excluding ortho intramolecular Hbond substituents is 1. The van der Waals surface area contributed by atoms with E-state index >= 15 is 0 Å². The molecule has 0 saturated carbocycles. The fourth-order valence-electron chi connectivity index (χ4n) is 2.76. The monoisotopic (exact) mass is 381 g/mol. The van der Waals surface area contributed by atoms with Crippen LogP contribution in [0.25, 0.3) is 0 Å². The van der Waals surface area contributed by atoms with Crippen molar-refractivity contribution in [3.05, 3.63) is 65.2 Å². The van der Waals surface area contributed by atoms with Crippen molar-refractivity contribution in [2.24, 2.45) is 10.2 Å². The number of unbranched alkanes of at least 4 members (excludes halogenated alkanes) is 1. The minimum atomic E-state index is -0.203. The summed E-state index contributed by atoms with van der Waals surface area (Å²) in [6, 6.07) is 15.4. The average molecular weight is 382 g/mol. The number of amides is 1. The summed E-state index contributed by atoms with van der Waals surface area (Å²) in [5.74, 6) is 0.0939. The number of aryl methyl sites for hydroxylation is 1. The van der Waals surface area contributed by atoms with Crippen LogP contribution < -0.4 is 5.32 Å². The number of hydrogen-bond acceptors (Lipinski definition) is 5. The van der Waals surface area contributed by atoms with E-state index in [1.165, 1.54) is 36.4 Å². The molecule has 1 unspecified atom stereocenters. The average Bonchev–Trinajstić information content (AvgIpc) is 3.02. The van der Waals surface area contributed by atoms with Gasteiger partial charge in [-0.3, -0.25) is 4.79 Å². The number of amidine groups is 1. The first kappa shape index (κ1) is 19.2. The van der Waals surface area contributed by atoms with Crippen LogP contribution in [0.15, 0.2) is 58.7 Å². The fraction of sp³-hybridized carbons (Fsp3) is 0.286. The number of carbonyl (C=O) groups excluding carboxylic acids is 1. The van der Waals surface area contributed by atoms with E-state index in [0.29, 0.717) is 17.2 Å². The largest absolute Gasteiger partial charge is 0.507 e. The van der Waals surface area contributed by atoms with Crippen molar-refractivity contribution in [3.63, 3.8) is 0 Å². The van der Waals surface area contributed by atoms with Crippen LogP contribution in [0.3, 0.4) is 0 Å². The van der Waals surface area contributed by atoms with Crippen LogP contribution in [0.5, 0.6) is 5.75 Å². The first-order valence-electron chi connectivity index (χ1n) is 9.10. The molecule has 2 aromatic rings. The number of thioether (sulfide) groups is 1. The molecule has 5 nitrogen and oxygen atoms in total. The van der Waals surface area contributed by atoms with Gasteiger partial charge in [-0.15, -0.1) is 5.10 Å². The molecule has 0 aliphatic carbocycles. The Hall–Kier alpha value is -2.60. The molecule has 0 bridgehead atoms. The minimum Gasteiger partial charge on any atom is -0.507 e. The maximum absolute atomic E-state index is 12.2. The van der Waals surface area contributed by atoms with Gasteiger partial charge < -0.3 is 10.4 Å². The number of para-hydroxylation sites is 1. The third kappa shape index (κ3) is 5.44. The summed E-state index contributed by atoms with van der Waals surface area (Å²) >= 11 is 1.38. The van der Waals surface area contributed by atoms with Gasteiger partial charge in [0.25, 0.3) is 0 Å². The number of aromatic hydroxyl groups is 1. The summed E-state index contributed by atoms with van der Waals surface area (Å²) in [6.07, 6.45) is 5.61. The lowest BCUT2D eigenvalue weighted by molar-refractivity contribution is -0.118. The standard InChI is InChI=1S/C21H23N3O2S/c1-2-3-6-15-9-11-16(12-10-15)13-19-20(26)23-21(27-19)24-22-14-17-7-4-5-8-18(17)25/h4-5,7-12,14,19,25H,2-3,6,13H2,1H3,(H,23,24,26). The van der Waals surface area contributed by atoms with Crippen molar-refractivity contribution in [2.45, 2.75) is 37.9 Å². The molecule has 2 aromatic carbocycles. The lowest BCUT2D eigenvalue weighted by Gasteiger charge is -2.06. The molecular formula is C21H23N3O2S.